The van der Waals surface area contributed by atoms with Gasteiger partial charge in [0.1, 0.15) is 18.2 Å². The van der Waals surface area contributed by atoms with Crippen molar-refractivity contribution < 1.29 is 9.90 Å². The standard InChI is InChI=1S/C19H30N6O2/c1-2-3-13-8-17(24-23-13)19(27)22-14-6-12(7-14)16-9-18(21-11-20-16)25-5-4-15(26)10-25/h9,11-15,17,23-24,26H,2-8,10H2,1H3,(H,22,27). The van der Waals surface area contributed by atoms with Crippen molar-refractivity contribution in [1.29, 1.82) is 0 Å². The number of hydrogen-bond donors (Lipinski definition) is 4. The maximum absolute atomic E-state index is 12.4. The quantitative estimate of drug-likeness (QED) is 0.573. The third kappa shape index (κ3) is 4.23. The fourth-order valence-corrected chi connectivity index (χ4v) is 4.32. The van der Waals surface area contributed by atoms with Crippen molar-refractivity contribution in [2.24, 2.45) is 0 Å². The molecule has 1 aromatic rings. The molecule has 148 valence electrons. The number of aromatic nitrogens is 2. The Morgan fingerprint density at radius 1 is 1.33 bits per heavy atom. The lowest BCUT2D eigenvalue weighted by Crippen LogP contribution is -2.50. The highest BCUT2D eigenvalue weighted by molar-refractivity contribution is 5.82. The highest BCUT2D eigenvalue weighted by Gasteiger charge is 2.36. The number of β-amino-alcohol motifs (C(OH)–C–C–N with tert-alkyl or cyclic N) is 1. The molecule has 1 aliphatic carbocycles. The summed E-state index contributed by atoms with van der Waals surface area (Å²) in [5.74, 6) is 1.36. The fraction of sp³-hybridized carbons (Fsp3) is 0.737. The molecular weight excluding hydrogens is 344 g/mol. The number of aliphatic hydroxyl groups is 1. The lowest BCUT2D eigenvalue weighted by molar-refractivity contribution is -0.124. The molecule has 3 unspecified atom stereocenters. The summed E-state index contributed by atoms with van der Waals surface area (Å²) >= 11 is 0. The molecule has 0 radical (unpaired) electrons. The molecular formula is C19H30N6O2. The van der Waals surface area contributed by atoms with E-state index in [9.17, 15) is 9.90 Å². The molecule has 3 atom stereocenters. The van der Waals surface area contributed by atoms with Gasteiger partial charge in [-0.15, -0.1) is 0 Å². The first-order valence-electron chi connectivity index (χ1n) is 10.2. The van der Waals surface area contributed by atoms with Crippen LogP contribution < -0.4 is 21.1 Å². The van der Waals surface area contributed by atoms with E-state index >= 15 is 0 Å². The molecule has 8 heteroatoms. The molecule has 1 saturated carbocycles. The van der Waals surface area contributed by atoms with Gasteiger partial charge in [0, 0.05) is 42.9 Å². The van der Waals surface area contributed by atoms with Crippen LogP contribution in [0.3, 0.4) is 0 Å². The lowest BCUT2D eigenvalue weighted by Gasteiger charge is -2.36. The van der Waals surface area contributed by atoms with Crippen LogP contribution in [0.5, 0.6) is 0 Å². The molecule has 2 saturated heterocycles. The maximum atomic E-state index is 12.4. The van der Waals surface area contributed by atoms with Crippen LogP contribution in [0.1, 0.15) is 57.1 Å². The maximum Gasteiger partial charge on any atom is 0.238 e. The van der Waals surface area contributed by atoms with Gasteiger partial charge in [-0.05, 0) is 32.1 Å². The van der Waals surface area contributed by atoms with Gasteiger partial charge in [0.15, 0.2) is 0 Å². The number of nitrogens with zero attached hydrogens (tertiary/aromatic N) is 3. The van der Waals surface area contributed by atoms with E-state index in [0.29, 0.717) is 18.5 Å². The van der Waals surface area contributed by atoms with Crippen molar-refractivity contribution in [1.82, 2.24) is 26.1 Å². The lowest BCUT2D eigenvalue weighted by atomic mass is 9.78. The van der Waals surface area contributed by atoms with Gasteiger partial charge in [-0.1, -0.05) is 13.3 Å². The van der Waals surface area contributed by atoms with Crippen molar-refractivity contribution in [3.05, 3.63) is 18.1 Å². The zero-order valence-corrected chi connectivity index (χ0v) is 15.9. The van der Waals surface area contributed by atoms with Gasteiger partial charge in [0.2, 0.25) is 5.91 Å². The van der Waals surface area contributed by atoms with E-state index in [1.54, 1.807) is 6.33 Å². The van der Waals surface area contributed by atoms with Crippen LogP contribution >= 0.6 is 0 Å². The molecule has 1 amide bonds. The Labute approximate surface area is 160 Å². The first kappa shape index (κ1) is 18.6. The van der Waals surface area contributed by atoms with Gasteiger partial charge in [-0.25, -0.2) is 15.4 Å². The Hall–Kier alpha value is -1.77. The Bertz CT molecular complexity index is 665. The molecule has 27 heavy (non-hydrogen) atoms. The average molecular weight is 374 g/mol. The third-order valence-electron chi connectivity index (χ3n) is 6.00. The minimum Gasteiger partial charge on any atom is -0.391 e. The average Bonchev–Trinajstić information content (AvgIpc) is 3.27. The monoisotopic (exact) mass is 374 g/mol. The molecule has 4 rings (SSSR count). The van der Waals surface area contributed by atoms with E-state index in [0.717, 1.165) is 56.6 Å². The second-order valence-electron chi connectivity index (χ2n) is 8.13. The molecule has 1 aromatic heterocycles. The molecule has 0 aromatic carbocycles. The summed E-state index contributed by atoms with van der Waals surface area (Å²) in [6.45, 7) is 3.64. The number of aliphatic hydroxyl groups excluding tert-OH is 1. The van der Waals surface area contributed by atoms with Crippen LogP contribution in [0, 0.1) is 0 Å². The van der Waals surface area contributed by atoms with Crippen molar-refractivity contribution in [3.8, 4) is 0 Å². The zero-order chi connectivity index (χ0) is 18.8. The smallest absolute Gasteiger partial charge is 0.238 e. The number of amides is 1. The summed E-state index contributed by atoms with van der Waals surface area (Å²) in [6, 6.07) is 2.52. The minimum atomic E-state index is -0.262. The Balaban J connectivity index is 1.25. The Morgan fingerprint density at radius 2 is 2.19 bits per heavy atom. The fourth-order valence-electron chi connectivity index (χ4n) is 4.32. The second-order valence-corrected chi connectivity index (χ2v) is 8.13. The topological polar surface area (TPSA) is 102 Å². The number of carbonyl (C=O) groups is 1. The van der Waals surface area contributed by atoms with Gasteiger partial charge < -0.3 is 15.3 Å². The van der Waals surface area contributed by atoms with E-state index in [1.165, 1.54) is 0 Å². The third-order valence-corrected chi connectivity index (χ3v) is 6.00. The molecule has 0 spiro atoms. The number of hydrazine groups is 1. The second kappa shape index (κ2) is 8.08. The number of anilines is 1. The van der Waals surface area contributed by atoms with E-state index in [2.05, 4.69) is 38.0 Å². The van der Waals surface area contributed by atoms with Crippen LogP contribution in [0.4, 0.5) is 5.82 Å². The van der Waals surface area contributed by atoms with Crippen molar-refractivity contribution in [2.75, 3.05) is 18.0 Å². The first-order valence-corrected chi connectivity index (χ1v) is 10.2. The van der Waals surface area contributed by atoms with Gasteiger partial charge in [0.05, 0.1) is 6.10 Å². The molecule has 0 bridgehead atoms. The normalized spacial score (nSPS) is 33.1. The summed E-state index contributed by atoms with van der Waals surface area (Å²) in [4.78, 5) is 23.3. The van der Waals surface area contributed by atoms with Crippen LogP contribution in [-0.2, 0) is 4.79 Å². The zero-order valence-electron chi connectivity index (χ0n) is 15.9. The van der Waals surface area contributed by atoms with Crippen LogP contribution in [0.25, 0.3) is 0 Å². The van der Waals surface area contributed by atoms with Gasteiger partial charge in [-0.3, -0.25) is 10.2 Å². The van der Waals surface area contributed by atoms with Crippen LogP contribution in [0.15, 0.2) is 12.4 Å². The highest BCUT2D eigenvalue weighted by Crippen LogP contribution is 2.37. The molecule has 3 heterocycles. The number of rotatable bonds is 6. The number of hydrogen-bond acceptors (Lipinski definition) is 7. The predicted octanol–water partition coefficient (Wildman–Crippen LogP) is 0.445. The van der Waals surface area contributed by atoms with Crippen molar-refractivity contribution in [2.45, 2.75) is 75.6 Å². The largest absolute Gasteiger partial charge is 0.391 e. The van der Waals surface area contributed by atoms with E-state index in [1.807, 2.05) is 6.07 Å². The Kier molecular flexibility index (Phi) is 5.56. The summed E-state index contributed by atoms with van der Waals surface area (Å²) < 4.78 is 0. The van der Waals surface area contributed by atoms with E-state index in [-0.39, 0.29) is 24.1 Å². The van der Waals surface area contributed by atoms with Crippen LogP contribution in [-0.4, -0.2) is 58.3 Å². The molecule has 8 nitrogen and oxygen atoms in total. The Morgan fingerprint density at radius 3 is 2.93 bits per heavy atom. The predicted molar refractivity (Wildman–Crippen MR) is 102 cm³/mol. The number of nitrogens with one attached hydrogen (secondary N) is 3. The molecule has 4 N–H and O–H groups in total. The summed E-state index contributed by atoms with van der Waals surface area (Å²) in [6.07, 6.45) is 7.05. The van der Waals surface area contributed by atoms with Gasteiger partial charge >= 0.3 is 0 Å². The van der Waals surface area contributed by atoms with E-state index < -0.39 is 0 Å². The number of carbonyl (C=O) groups excluding carboxylic acids is 1. The van der Waals surface area contributed by atoms with E-state index in [4.69, 9.17) is 0 Å². The van der Waals surface area contributed by atoms with Crippen LogP contribution in [0.2, 0.25) is 0 Å². The highest BCUT2D eigenvalue weighted by atomic mass is 16.3. The summed E-state index contributed by atoms with van der Waals surface area (Å²) in [5.41, 5.74) is 7.38. The summed E-state index contributed by atoms with van der Waals surface area (Å²) in [5, 5.41) is 12.9. The first-order chi connectivity index (χ1) is 13.1. The van der Waals surface area contributed by atoms with Gasteiger partial charge in [-0.2, -0.15) is 0 Å². The molecule has 3 aliphatic rings. The summed E-state index contributed by atoms with van der Waals surface area (Å²) in [7, 11) is 0. The molecule has 3 fully saturated rings. The van der Waals surface area contributed by atoms with Gasteiger partial charge in [0.25, 0.3) is 0 Å². The minimum absolute atomic E-state index is 0.0963. The van der Waals surface area contributed by atoms with Crippen molar-refractivity contribution in [3.63, 3.8) is 0 Å². The molecule has 2 aliphatic heterocycles. The SMILES string of the molecule is CCCC1CC(C(=O)NC2CC(c3cc(N4CCC(O)C4)ncn3)C2)NN1. The van der Waals surface area contributed by atoms with Crippen molar-refractivity contribution >= 4 is 11.7 Å².